The van der Waals surface area contributed by atoms with Crippen LogP contribution in [0.4, 0.5) is 17.1 Å². The van der Waals surface area contributed by atoms with E-state index in [2.05, 4.69) is 265 Å². The van der Waals surface area contributed by atoms with Gasteiger partial charge in [-0.25, -0.2) is 0 Å². The van der Waals surface area contributed by atoms with E-state index in [1.165, 1.54) is 10.9 Å². The van der Waals surface area contributed by atoms with E-state index in [0.29, 0.717) is 0 Å². The first-order valence-electron chi connectivity index (χ1n) is 24.9. The summed E-state index contributed by atoms with van der Waals surface area (Å²) >= 11 is 0. The third-order valence-electron chi connectivity index (χ3n) is 14.5. The molecule has 3 heterocycles. The summed E-state index contributed by atoms with van der Waals surface area (Å²) in [6, 6.07) is 83.1. The fraction of sp³-hybridized carbons (Fsp3) is 0.0588. The summed E-state index contributed by atoms with van der Waals surface area (Å²) in [7, 11) is 0. The molecular formula is C68H50N2O2. The molecule has 0 spiro atoms. The third kappa shape index (κ3) is 6.75. The number of allylic oxidation sites excluding steroid dienone is 2. The van der Waals surface area contributed by atoms with Crippen molar-refractivity contribution in [1.29, 1.82) is 0 Å². The van der Waals surface area contributed by atoms with Crippen LogP contribution in [0.3, 0.4) is 0 Å². The maximum atomic E-state index is 7.21. The van der Waals surface area contributed by atoms with Crippen molar-refractivity contribution in [3.05, 3.63) is 276 Å². The van der Waals surface area contributed by atoms with Crippen LogP contribution < -0.4 is 4.90 Å². The van der Waals surface area contributed by atoms with Gasteiger partial charge >= 0.3 is 0 Å². The van der Waals surface area contributed by atoms with Crippen molar-refractivity contribution >= 4 is 94.9 Å². The Morgan fingerprint density at radius 2 is 1.03 bits per heavy atom. The van der Waals surface area contributed by atoms with E-state index in [1.54, 1.807) is 0 Å². The van der Waals surface area contributed by atoms with Crippen LogP contribution in [-0.2, 0) is 5.41 Å². The van der Waals surface area contributed by atoms with E-state index >= 15 is 0 Å². The van der Waals surface area contributed by atoms with Crippen molar-refractivity contribution in [2.24, 2.45) is 0 Å². The molecule has 14 rings (SSSR count). The average molecular weight is 927 g/mol. The van der Waals surface area contributed by atoms with Crippen molar-refractivity contribution in [2.75, 3.05) is 4.90 Å². The van der Waals surface area contributed by atoms with Gasteiger partial charge in [-0.3, -0.25) is 0 Å². The number of hydrogen-bond donors (Lipinski definition) is 0. The fourth-order valence-electron chi connectivity index (χ4n) is 11.5. The molecule has 0 radical (unpaired) electrons. The van der Waals surface area contributed by atoms with Crippen LogP contribution in [-0.4, -0.2) is 4.57 Å². The lowest BCUT2D eigenvalue weighted by Gasteiger charge is -2.38. The van der Waals surface area contributed by atoms with E-state index in [4.69, 9.17) is 8.83 Å². The predicted molar refractivity (Wildman–Crippen MR) is 302 cm³/mol. The zero-order valence-electron chi connectivity index (χ0n) is 40.2. The van der Waals surface area contributed by atoms with Crippen LogP contribution in [0.2, 0.25) is 0 Å². The van der Waals surface area contributed by atoms with Gasteiger partial charge in [-0.05, 0) is 120 Å². The molecule has 344 valence electrons. The zero-order chi connectivity index (χ0) is 48.2. The summed E-state index contributed by atoms with van der Waals surface area (Å²) < 4.78 is 16.3. The molecule has 0 bridgehead atoms. The SMILES string of the molecule is C/C=C\CC.C1=Cc2c(cc(-n3c4ccccc4c4cc(N(c5ccccc5)c5ccccc5)ccc43)c3c2oc2ccccc23)C(c2ccccc2)(c2ccccc2)c2cc3c(cc21)oc1ccccc13. The first-order chi connectivity index (χ1) is 35.6. The smallest absolute Gasteiger partial charge is 0.145 e. The number of nitrogens with zero attached hydrogens (tertiary/aromatic N) is 2. The number of anilines is 3. The van der Waals surface area contributed by atoms with Crippen LogP contribution in [0.1, 0.15) is 53.6 Å². The molecule has 0 atom stereocenters. The predicted octanol–water partition coefficient (Wildman–Crippen LogP) is 18.9. The summed E-state index contributed by atoms with van der Waals surface area (Å²) in [5, 5.41) is 6.67. The van der Waals surface area contributed by atoms with Crippen LogP contribution in [0.5, 0.6) is 0 Å². The van der Waals surface area contributed by atoms with Crippen LogP contribution in [0.15, 0.2) is 252 Å². The molecule has 1 aliphatic rings. The number of fused-ring (bicyclic) bond motifs is 12. The van der Waals surface area contributed by atoms with Gasteiger partial charge in [-0.2, -0.15) is 0 Å². The lowest BCUT2D eigenvalue weighted by molar-refractivity contribution is 0.662. The Morgan fingerprint density at radius 1 is 0.458 bits per heavy atom. The first-order valence-corrected chi connectivity index (χ1v) is 24.9. The molecule has 3 aromatic heterocycles. The van der Waals surface area contributed by atoms with Crippen molar-refractivity contribution in [1.82, 2.24) is 4.57 Å². The molecule has 72 heavy (non-hydrogen) atoms. The Morgan fingerprint density at radius 3 is 1.67 bits per heavy atom. The molecule has 1 aliphatic carbocycles. The zero-order valence-corrected chi connectivity index (χ0v) is 40.2. The van der Waals surface area contributed by atoms with E-state index in [0.717, 1.165) is 117 Å². The van der Waals surface area contributed by atoms with E-state index in [1.807, 2.05) is 13.0 Å². The molecule has 0 saturated carbocycles. The first kappa shape index (κ1) is 42.9. The highest BCUT2D eigenvalue weighted by molar-refractivity contribution is 6.17. The van der Waals surface area contributed by atoms with Crippen molar-refractivity contribution < 1.29 is 8.83 Å². The molecule has 0 amide bonds. The molecule has 4 heteroatoms. The molecule has 0 fully saturated rings. The summed E-state index contributed by atoms with van der Waals surface area (Å²) in [4.78, 5) is 2.34. The highest BCUT2D eigenvalue weighted by atomic mass is 16.3. The summed E-state index contributed by atoms with van der Waals surface area (Å²) in [5.41, 5.74) is 16.0. The van der Waals surface area contributed by atoms with Crippen LogP contribution in [0.25, 0.3) is 83.5 Å². The van der Waals surface area contributed by atoms with Gasteiger partial charge in [0.15, 0.2) is 0 Å². The second-order valence-electron chi connectivity index (χ2n) is 18.5. The Bertz CT molecular complexity index is 4120. The van der Waals surface area contributed by atoms with Crippen LogP contribution >= 0.6 is 0 Å². The van der Waals surface area contributed by atoms with Crippen molar-refractivity contribution in [3.8, 4) is 5.69 Å². The minimum atomic E-state index is -0.803. The number of hydrogen-bond acceptors (Lipinski definition) is 3. The molecule has 13 aromatic rings. The largest absolute Gasteiger partial charge is 0.456 e. The molecule has 0 aliphatic heterocycles. The Balaban J connectivity index is 0.000000964. The normalized spacial score (nSPS) is 12.9. The number of para-hydroxylation sites is 5. The average Bonchev–Trinajstić information content (AvgIpc) is 4.09. The Hall–Kier alpha value is -9.12. The quantitative estimate of drug-likeness (QED) is 0.149. The lowest BCUT2D eigenvalue weighted by Crippen LogP contribution is -2.32. The summed E-state index contributed by atoms with van der Waals surface area (Å²) in [6.07, 6.45) is 9.90. The van der Waals surface area contributed by atoms with Gasteiger partial charge in [0, 0.05) is 49.6 Å². The Labute approximate surface area is 418 Å². The number of benzene rings is 10. The molecule has 0 N–H and O–H groups in total. The number of furan rings is 2. The molecule has 0 saturated heterocycles. The van der Waals surface area contributed by atoms with E-state index < -0.39 is 5.41 Å². The summed E-state index contributed by atoms with van der Waals surface area (Å²) in [5.74, 6) is 0. The minimum Gasteiger partial charge on any atom is -0.456 e. The fourth-order valence-corrected chi connectivity index (χ4v) is 11.5. The molecule has 4 nitrogen and oxygen atoms in total. The van der Waals surface area contributed by atoms with Gasteiger partial charge in [0.25, 0.3) is 0 Å². The highest BCUT2D eigenvalue weighted by Gasteiger charge is 2.44. The second-order valence-corrected chi connectivity index (χ2v) is 18.5. The van der Waals surface area contributed by atoms with Crippen molar-refractivity contribution in [2.45, 2.75) is 25.7 Å². The van der Waals surface area contributed by atoms with Gasteiger partial charge in [0.2, 0.25) is 0 Å². The van der Waals surface area contributed by atoms with E-state index in [9.17, 15) is 0 Å². The molecule has 0 unspecified atom stereocenters. The van der Waals surface area contributed by atoms with Gasteiger partial charge in [0.05, 0.1) is 27.5 Å². The summed E-state index contributed by atoms with van der Waals surface area (Å²) in [6.45, 7) is 4.16. The van der Waals surface area contributed by atoms with Gasteiger partial charge in [-0.15, -0.1) is 0 Å². The standard InChI is InChI=1S/C63H40N2O2.C5H10/c1-5-19-42(20-6-1)63(43-21-7-2-8-22-43)53-39-52-48-28-14-17-31-58(48)66-60(52)37-41(53)33-35-49-54(63)40-57(61-50-29-15-18-32-59(50)67-62(49)61)65-55-30-16-13-27-47(55)51-38-46(34-36-56(51)65)64(44-23-9-3-10-24-44)45-25-11-4-12-26-45;1-3-5-4-2/h1-40H;3,5H,4H2,1-2H3/b;5-3-. The monoisotopic (exact) mass is 926 g/mol. The number of aromatic nitrogens is 1. The van der Waals surface area contributed by atoms with Crippen molar-refractivity contribution in [3.63, 3.8) is 0 Å². The lowest BCUT2D eigenvalue weighted by atomic mass is 9.63. The molecular weight excluding hydrogens is 877 g/mol. The topological polar surface area (TPSA) is 34.5 Å². The van der Waals surface area contributed by atoms with E-state index in [-0.39, 0.29) is 0 Å². The second kappa shape index (κ2) is 17.7. The maximum absolute atomic E-state index is 7.21. The van der Waals surface area contributed by atoms with Crippen LogP contribution in [0, 0.1) is 0 Å². The van der Waals surface area contributed by atoms with Gasteiger partial charge < -0.3 is 18.3 Å². The van der Waals surface area contributed by atoms with Gasteiger partial charge in [0.1, 0.15) is 22.3 Å². The van der Waals surface area contributed by atoms with Gasteiger partial charge in [-0.1, -0.05) is 183 Å². The highest BCUT2D eigenvalue weighted by Crippen LogP contribution is 2.54. The third-order valence-corrected chi connectivity index (χ3v) is 14.5. The minimum absolute atomic E-state index is 0.803. The Kier molecular flexibility index (Phi) is 10.5. The number of rotatable bonds is 7. The maximum Gasteiger partial charge on any atom is 0.145 e. The molecule has 10 aromatic carbocycles.